The Bertz CT molecular complexity index is 553. The Morgan fingerprint density at radius 3 is 2.45 bits per heavy atom. The number of carbonyl (C=O) groups is 1. The highest BCUT2D eigenvalue weighted by Gasteiger charge is 2.34. The number of carbonyl (C=O) groups excluding carboxylic acids is 1. The van der Waals surface area contributed by atoms with Crippen LogP contribution in [0.5, 0.6) is 0 Å². The molecule has 1 fully saturated rings. The summed E-state index contributed by atoms with van der Waals surface area (Å²) < 4.78 is 65.3. The second-order valence-corrected chi connectivity index (χ2v) is 5.31. The summed E-state index contributed by atoms with van der Waals surface area (Å²) in [5.41, 5.74) is -3.33. The van der Waals surface area contributed by atoms with E-state index in [1.165, 1.54) is 0 Å². The van der Waals surface area contributed by atoms with Gasteiger partial charge in [0.25, 0.3) is 5.91 Å². The standard InChI is InChI=1S/C14H15F5N2O/c15-11-6-9(5-10(7-11)14(17,18)19)12(22)21-8-13(16)1-3-20-4-2-13/h5-7,20H,1-4,8H2,(H,21,22). The van der Waals surface area contributed by atoms with Crippen molar-refractivity contribution in [2.24, 2.45) is 0 Å². The van der Waals surface area contributed by atoms with Crippen molar-refractivity contribution in [3.8, 4) is 0 Å². The van der Waals surface area contributed by atoms with Crippen LogP contribution in [-0.2, 0) is 6.18 Å². The molecular weight excluding hydrogens is 307 g/mol. The molecule has 2 N–H and O–H groups in total. The molecule has 122 valence electrons. The van der Waals surface area contributed by atoms with E-state index in [2.05, 4.69) is 10.6 Å². The van der Waals surface area contributed by atoms with Crippen LogP contribution in [0.3, 0.4) is 0 Å². The largest absolute Gasteiger partial charge is 0.416 e. The molecule has 3 nitrogen and oxygen atoms in total. The molecular formula is C14H15F5N2O. The van der Waals surface area contributed by atoms with Crippen molar-refractivity contribution in [1.82, 2.24) is 10.6 Å². The molecule has 0 bridgehead atoms. The highest BCUT2D eigenvalue weighted by Crippen LogP contribution is 2.30. The van der Waals surface area contributed by atoms with Gasteiger partial charge in [-0.3, -0.25) is 4.79 Å². The van der Waals surface area contributed by atoms with Gasteiger partial charge >= 0.3 is 6.18 Å². The number of piperidine rings is 1. The lowest BCUT2D eigenvalue weighted by Crippen LogP contribution is -2.46. The maximum absolute atomic E-state index is 14.3. The second kappa shape index (κ2) is 6.20. The molecule has 1 saturated heterocycles. The lowest BCUT2D eigenvalue weighted by atomic mass is 9.94. The van der Waals surface area contributed by atoms with Gasteiger partial charge in [0.1, 0.15) is 11.5 Å². The number of amides is 1. The first-order valence-electron chi connectivity index (χ1n) is 6.75. The number of nitrogens with one attached hydrogen (secondary N) is 2. The molecule has 0 aromatic heterocycles. The van der Waals surface area contributed by atoms with Gasteiger partial charge in [0.2, 0.25) is 0 Å². The van der Waals surface area contributed by atoms with Gasteiger partial charge < -0.3 is 10.6 Å². The van der Waals surface area contributed by atoms with E-state index in [4.69, 9.17) is 0 Å². The van der Waals surface area contributed by atoms with Crippen LogP contribution in [0, 0.1) is 5.82 Å². The Morgan fingerprint density at radius 2 is 1.86 bits per heavy atom. The van der Waals surface area contributed by atoms with E-state index in [-0.39, 0.29) is 19.4 Å². The molecule has 2 rings (SSSR count). The van der Waals surface area contributed by atoms with Crippen LogP contribution in [0.25, 0.3) is 0 Å². The number of benzene rings is 1. The number of alkyl halides is 4. The zero-order valence-corrected chi connectivity index (χ0v) is 11.6. The molecule has 1 aromatic carbocycles. The molecule has 0 unspecified atom stereocenters. The minimum absolute atomic E-state index is 0.199. The second-order valence-electron chi connectivity index (χ2n) is 5.31. The van der Waals surface area contributed by atoms with Gasteiger partial charge in [0.15, 0.2) is 0 Å². The van der Waals surface area contributed by atoms with Crippen molar-refractivity contribution in [2.75, 3.05) is 19.6 Å². The average Bonchev–Trinajstić information content (AvgIpc) is 2.44. The Labute approximate surface area is 123 Å². The zero-order chi connectivity index (χ0) is 16.4. The lowest BCUT2D eigenvalue weighted by molar-refractivity contribution is -0.137. The summed E-state index contributed by atoms with van der Waals surface area (Å²) in [5, 5.41) is 5.20. The smallest absolute Gasteiger partial charge is 0.349 e. The quantitative estimate of drug-likeness (QED) is 0.840. The highest BCUT2D eigenvalue weighted by molar-refractivity contribution is 5.94. The molecule has 1 aliphatic rings. The van der Waals surface area contributed by atoms with Gasteiger partial charge in [-0.1, -0.05) is 0 Å². The van der Waals surface area contributed by atoms with E-state index >= 15 is 0 Å². The first-order chi connectivity index (χ1) is 10.2. The summed E-state index contributed by atoms with van der Waals surface area (Å²) in [4.78, 5) is 11.8. The first-order valence-corrected chi connectivity index (χ1v) is 6.75. The first kappa shape index (κ1) is 16.7. The lowest BCUT2D eigenvalue weighted by Gasteiger charge is -2.30. The van der Waals surface area contributed by atoms with Crippen LogP contribution >= 0.6 is 0 Å². The average molecular weight is 322 g/mol. The number of hydrogen-bond acceptors (Lipinski definition) is 2. The summed E-state index contributed by atoms with van der Waals surface area (Å²) >= 11 is 0. The van der Waals surface area contributed by atoms with Crippen molar-refractivity contribution in [2.45, 2.75) is 24.7 Å². The van der Waals surface area contributed by atoms with Gasteiger partial charge in [-0.15, -0.1) is 0 Å². The zero-order valence-electron chi connectivity index (χ0n) is 11.6. The maximum Gasteiger partial charge on any atom is 0.416 e. The Morgan fingerprint density at radius 1 is 1.23 bits per heavy atom. The van der Waals surface area contributed by atoms with Crippen LogP contribution in [0.1, 0.15) is 28.8 Å². The third-order valence-electron chi connectivity index (χ3n) is 3.55. The molecule has 1 amide bonds. The predicted octanol–water partition coefficient (Wildman–Crippen LogP) is 2.67. The Kier molecular flexibility index (Phi) is 4.69. The van der Waals surface area contributed by atoms with Gasteiger partial charge in [0.05, 0.1) is 12.1 Å². The molecule has 1 aromatic rings. The molecule has 22 heavy (non-hydrogen) atoms. The maximum atomic E-state index is 14.3. The Hall–Kier alpha value is -1.70. The number of hydrogen-bond donors (Lipinski definition) is 2. The number of rotatable bonds is 3. The van der Waals surface area contributed by atoms with Gasteiger partial charge in [-0.05, 0) is 44.1 Å². The van der Waals surface area contributed by atoms with Gasteiger partial charge in [-0.2, -0.15) is 13.2 Å². The van der Waals surface area contributed by atoms with Crippen LogP contribution in [0.2, 0.25) is 0 Å². The minimum atomic E-state index is -4.76. The van der Waals surface area contributed by atoms with Crippen molar-refractivity contribution in [3.63, 3.8) is 0 Å². The fourth-order valence-corrected chi connectivity index (χ4v) is 2.28. The summed E-state index contributed by atoms with van der Waals surface area (Å²) in [6, 6.07) is 1.55. The fraction of sp³-hybridized carbons (Fsp3) is 0.500. The topological polar surface area (TPSA) is 41.1 Å². The number of halogens is 5. The van der Waals surface area contributed by atoms with E-state index < -0.39 is 34.7 Å². The molecule has 8 heteroatoms. The summed E-state index contributed by atoms with van der Waals surface area (Å²) in [6.45, 7) is 0.612. The van der Waals surface area contributed by atoms with Crippen LogP contribution in [0.15, 0.2) is 18.2 Å². The predicted molar refractivity (Wildman–Crippen MR) is 69.7 cm³/mol. The van der Waals surface area contributed by atoms with E-state index in [1.807, 2.05) is 0 Å². The van der Waals surface area contributed by atoms with E-state index in [9.17, 15) is 26.7 Å². The fourth-order valence-electron chi connectivity index (χ4n) is 2.28. The van der Waals surface area contributed by atoms with Crippen LogP contribution in [0.4, 0.5) is 22.0 Å². The molecule has 0 aliphatic carbocycles. The van der Waals surface area contributed by atoms with E-state index in [0.29, 0.717) is 31.3 Å². The molecule has 1 aliphatic heterocycles. The summed E-state index contributed by atoms with van der Waals surface area (Å²) in [5.74, 6) is -2.10. The van der Waals surface area contributed by atoms with Gasteiger partial charge in [-0.25, -0.2) is 8.78 Å². The monoisotopic (exact) mass is 322 g/mol. The Balaban J connectivity index is 2.08. The third-order valence-corrected chi connectivity index (χ3v) is 3.55. The van der Waals surface area contributed by atoms with E-state index in [1.54, 1.807) is 0 Å². The van der Waals surface area contributed by atoms with Crippen LogP contribution in [-0.4, -0.2) is 31.2 Å². The summed E-state index contributed by atoms with van der Waals surface area (Å²) in [6.07, 6.45) is -4.36. The normalized spacial score (nSPS) is 18.0. The van der Waals surface area contributed by atoms with Crippen molar-refractivity contribution < 1.29 is 26.7 Å². The SMILES string of the molecule is O=C(NCC1(F)CCNCC1)c1cc(F)cc(C(F)(F)F)c1. The molecule has 0 radical (unpaired) electrons. The molecule has 0 atom stereocenters. The van der Waals surface area contributed by atoms with Gasteiger partial charge in [0, 0.05) is 5.56 Å². The minimum Gasteiger partial charge on any atom is -0.349 e. The van der Waals surface area contributed by atoms with E-state index in [0.717, 1.165) is 0 Å². The van der Waals surface area contributed by atoms with Crippen molar-refractivity contribution in [1.29, 1.82) is 0 Å². The third kappa shape index (κ3) is 4.16. The molecule has 0 saturated carbocycles. The summed E-state index contributed by atoms with van der Waals surface area (Å²) in [7, 11) is 0. The highest BCUT2D eigenvalue weighted by atomic mass is 19.4. The molecule has 0 spiro atoms. The molecule has 1 heterocycles. The van der Waals surface area contributed by atoms with Crippen molar-refractivity contribution in [3.05, 3.63) is 35.1 Å². The van der Waals surface area contributed by atoms with Crippen LogP contribution < -0.4 is 10.6 Å². The van der Waals surface area contributed by atoms with Crippen molar-refractivity contribution >= 4 is 5.91 Å².